The molecule has 0 aliphatic heterocycles. The van der Waals surface area contributed by atoms with Crippen molar-refractivity contribution in [3.8, 4) is 11.4 Å². The van der Waals surface area contributed by atoms with E-state index >= 15 is 0 Å². The van der Waals surface area contributed by atoms with Gasteiger partial charge >= 0.3 is 0 Å². The first-order chi connectivity index (χ1) is 12.7. The molecule has 0 amide bonds. The molecule has 0 atom stereocenters. The van der Waals surface area contributed by atoms with Gasteiger partial charge in [-0.05, 0) is 48.0 Å². The van der Waals surface area contributed by atoms with E-state index in [1.807, 2.05) is 36.4 Å². The quantitative estimate of drug-likeness (QED) is 0.617. The number of hydrogen-bond donors (Lipinski definition) is 1. The third-order valence-electron chi connectivity index (χ3n) is 4.02. The Hall–Kier alpha value is -3.73. The van der Waals surface area contributed by atoms with Crippen LogP contribution in [0, 0.1) is 0 Å². The summed E-state index contributed by atoms with van der Waals surface area (Å²) in [5, 5.41) is 10.3. The van der Waals surface area contributed by atoms with E-state index < -0.39 is 0 Å². The van der Waals surface area contributed by atoms with Crippen molar-refractivity contribution in [3.05, 3.63) is 94.8 Å². The molecule has 4 aromatic rings. The molecule has 26 heavy (non-hydrogen) atoms. The fourth-order valence-corrected chi connectivity index (χ4v) is 2.79. The molecule has 0 aliphatic carbocycles. The molecule has 0 saturated carbocycles. The predicted octanol–water partition coefficient (Wildman–Crippen LogP) is 3.66. The normalized spacial score (nSPS) is 11.2. The molecule has 0 fully saturated rings. The molecule has 126 valence electrons. The maximum atomic E-state index is 13.1. The van der Waals surface area contributed by atoms with E-state index in [9.17, 15) is 9.90 Å². The minimum atomic E-state index is -0.185. The fraction of sp³-hybridized carbons (Fsp3) is 0. The highest BCUT2D eigenvalue weighted by molar-refractivity contribution is 5.80. The summed E-state index contributed by atoms with van der Waals surface area (Å²) in [6.07, 6.45) is 7.07. The Balaban J connectivity index is 1.97. The van der Waals surface area contributed by atoms with Crippen molar-refractivity contribution in [2.24, 2.45) is 0 Å². The van der Waals surface area contributed by atoms with Gasteiger partial charge in [0, 0.05) is 18.5 Å². The number of rotatable bonds is 3. The first-order valence-electron chi connectivity index (χ1n) is 8.12. The highest BCUT2D eigenvalue weighted by atomic mass is 16.3. The lowest BCUT2D eigenvalue weighted by Gasteiger charge is -2.11. The van der Waals surface area contributed by atoms with Crippen molar-refractivity contribution in [1.29, 1.82) is 0 Å². The summed E-state index contributed by atoms with van der Waals surface area (Å²) in [4.78, 5) is 21.7. The zero-order valence-corrected chi connectivity index (χ0v) is 13.8. The first kappa shape index (κ1) is 15.8. The molecule has 2 heterocycles. The van der Waals surface area contributed by atoms with Crippen LogP contribution in [0.4, 0.5) is 0 Å². The van der Waals surface area contributed by atoms with Gasteiger partial charge < -0.3 is 5.11 Å². The van der Waals surface area contributed by atoms with Crippen LogP contribution in [0.1, 0.15) is 11.4 Å². The van der Waals surface area contributed by atoms with E-state index in [1.54, 1.807) is 48.8 Å². The van der Waals surface area contributed by atoms with Crippen molar-refractivity contribution in [3.63, 3.8) is 0 Å². The molecule has 1 N–H and O–H groups in total. The minimum absolute atomic E-state index is 0.0895. The van der Waals surface area contributed by atoms with Crippen LogP contribution in [0.3, 0.4) is 0 Å². The van der Waals surface area contributed by atoms with Crippen molar-refractivity contribution >= 4 is 23.1 Å². The topological polar surface area (TPSA) is 68.0 Å². The number of aromatic hydroxyl groups is 1. The number of phenols is 1. The van der Waals surface area contributed by atoms with Gasteiger partial charge in [-0.25, -0.2) is 4.98 Å². The minimum Gasteiger partial charge on any atom is -0.508 e. The van der Waals surface area contributed by atoms with Crippen LogP contribution in [-0.4, -0.2) is 19.6 Å². The molecular weight excluding hydrogens is 326 g/mol. The number of para-hydroxylation sites is 1. The predicted molar refractivity (Wildman–Crippen MR) is 102 cm³/mol. The largest absolute Gasteiger partial charge is 0.508 e. The maximum Gasteiger partial charge on any atom is 0.266 e. The average molecular weight is 341 g/mol. The second-order valence-electron chi connectivity index (χ2n) is 5.76. The Morgan fingerprint density at radius 1 is 0.923 bits per heavy atom. The number of phenolic OH excluding ortho intramolecular Hbond substituents is 1. The van der Waals surface area contributed by atoms with Crippen molar-refractivity contribution in [1.82, 2.24) is 14.5 Å². The third kappa shape index (κ3) is 2.98. The van der Waals surface area contributed by atoms with E-state index in [4.69, 9.17) is 0 Å². The summed E-state index contributed by atoms with van der Waals surface area (Å²) in [6.45, 7) is 0. The number of fused-ring (bicyclic) bond motifs is 1. The molecule has 4 rings (SSSR count). The van der Waals surface area contributed by atoms with Crippen molar-refractivity contribution in [2.45, 2.75) is 0 Å². The fourth-order valence-electron chi connectivity index (χ4n) is 2.79. The van der Waals surface area contributed by atoms with Gasteiger partial charge in [-0.2, -0.15) is 0 Å². The third-order valence-corrected chi connectivity index (χ3v) is 4.02. The zero-order valence-electron chi connectivity index (χ0n) is 13.8. The number of hydrogen-bond acceptors (Lipinski definition) is 4. The summed E-state index contributed by atoms with van der Waals surface area (Å²) in [6, 6.07) is 17.5. The Bertz CT molecular complexity index is 1160. The molecule has 0 aliphatic rings. The molecular formula is C21H15N3O2. The molecule has 2 aromatic carbocycles. The van der Waals surface area contributed by atoms with E-state index in [0.29, 0.717) is 22.4 Å². The van der Waals surface area contributed by atoms with Gasteiger partial charge in [0.15, 0.2) is 0 Å². The Labute approximate surface area is 149 Å². The van der Waals surface area contributed by atoms with Crippen LogP contribution in [0.5, 0.6) is 5.75 Å². The van der Waals surface area contributed by atoms with Crippen LogP contribution in [0.15, 0.2) is 77.9 Å². The lowest BCUT2D eigenvalue weighted by Crippen LogP contribution is -2.22. The Kier molecular flexibility index (Phi) is 4.03. The van der Waals surface area contributed by atoms with Gasteiger partial charge in [0.25, 0.3) is 5.56 Å². The summed E-state index contributed by atoms with van der Waals surface area (Å²) < 4.78 is 1.50. The van der Waals surface area contributed by atoms with Crippen molar-refractivity contribution in [2.75, 3.05) is 0 Å². The van der Waals surface area contributed by atoms with Crippen LogP contribution in [0.25, 0.3) is 28.7 Å². The molecule has 5 nitrogen and oxygen atoms in total. The van der Waals surface area contributed by atoms with Gasteiger partial charge in [-0.3, -0.25) is 14.3 Å². The molecule has 0 spiro atoms. The summed E-state index contributed by atoms with van der Waals surface area (Å²) in [7, 11) is 0. The van der Waals surface area contributed by atoms with Crippen molar-refractivity contribution < 1.29 is 5.11 Å². The van der Waals surface area contributed by atoms with E-state index in [0.717, 1.165) is 5.56 Å². The molecule has 2 aromatic heterocycles. The smallest absolute Gasteiger partial charge is 0.266 e. The lowest BCUT2D eigenvalue weighted by molar-refractivity contribution is 0.475. The summed E-state index contributed by atoms with van der Waals surface area (Å²) in [5.74, 6) is 0.572. The molecule has 5 heteroatoms. The van der Waals surface area contributed by atoms with Gasteiger partial charge in [0.2, 0.25) is 0 Å². The first-order valence-corrected chi connectivity index (χ1v) is 8.12. The number of benzene rings is 2. The average Bonchev–Trinajstić information content (AvgIpc) is 2.67. The van der Waals surface area contributed by atoms with E-state index in [1.165, 1.54) is 4.57 Å². The van der Waals surface area contributed by atoms with Crippen LogP contribution in [0.2, 0.25) is 0 Å². The van der Waals surface area contributed by atoms with E-state index in [2.05, 4.69) is 9.97 Å². The maximum absolute atomic E-state index is 13.1. The molecule has 0 radical (unpaired) electrons. The summed E-state index contributed by atoms with van der Waals surface area (Å²) in [5.41, 5.74) is 1.95. The zero-order chi connectivity index (χ0) is 17.9. The highest BCUT2D eigenvalue weighted by Crippen LogP contribution is 2.18. The molecule has 0 unspecified atom stereocenters. The molecule has 0 bridgehead atoms. The van der Waals surface area contributed by atoms with Crippen LogP contribution >= 0.6 is 0 Å². The molecule has 0 saturated heterocycles. The monoisotopic (exact) mass is 341 g/mol. The SMILES string of the molecule is O=c1c2ccccc2nc(C=Cc2ccncc2)n1-c1cccc(O)c1. The highest BCUT2D eigenvalue weighted by Gasteiger charge is 2.11. The number of aromatic nitrogens is 3. The van der Waals surface area contributed by atoms with Crippen LogP contribution < -0.4 is 5.56 Å². The van der Waals surface area contributed by atoms with Gasteiger partial charge in [0.05, 0.1) is 16.6 Å². The van der Waals surface area contributed by atoms with Gasteiger partial charge in [-0.1, -0.05) is 24.3 Å². The second-order valence-corrected chi connectivity index (χ2v) is 5.76. The Morgan fingerprint density at radius 3 is 2.54 bits per heavy atom. The van der Waals surface area contributed by atoms with E-state index in [-0.39, 0.29) is 11.3 Å². The Morgan fingerprint density at radius 2 is 1.73 bits per heavy atom. The van der Waals surface area contributed by atoms with Gasteiger partial charge in [0.1, 0.15) is 11.6 Å². The second kappa shape index (κ2) is 6.64. The van der Waals surface area contributed by atoms with Gasteiger partial charge in [-0.15, -0.1) is 0 Å². The number of pyridine rings is 1. The van der Waals surface area contributed by atoms with Crippen LogP contribution in [-0.2, 0) is 0 Å². The standard InChI is InChI=1S/C21H15N3O2/c25-17-5-3-4-16(14-17)24-20(9-8-15-10-12-22-13-11-15)23-19-7-2-1-6-18(19)21(24)26/h1-14,25H. The number of nitrogens with zero attached hydrogens (tertiary/aromatic N) is 3. The summed E-state index contributed by atoms with van der Waals surface area (Å²) >= 11 is 0. The lowest BCUT2D eigenvalue weighted by atomic mass is 10.2.